The van der Waals surface area contributed by atoms with Gasteiger partial charge < -0.3 is 5.32 Å². The molecule has 2 aromatic rings. The second-order valence-electron chi connectivity index (χ2n) is 2.79. The molecule has 0 unspecified atom stereocenters. The van der Waals surface area contributed by atoms with Crippen molar-refractivity contribution in [3.05, 3.63) is 16.7 Å². The van der Waals surface area contributed by atoms with E-state index in [9.17, 15) is 0 Å². The minimum Gasteiger partial charge on any atom is -0.365 e. The van der Waals surface area contributed by atoms with Crippen molar-refractivity contribution >= 4 is 28.1 Å². The van der Waals surface area contributed by atoms with Gasteiger partial charge in [-0.2, -0.15) is 5.10 Å². The highest BCUT2D eigenvalue weighted by Crippen LogP contribution is 2.34. The van der Waals surface area contributed by atoms with Crippen molar-refractivity contribution in [3.8, 4) is 11.3 Å². The van der Waals surface area contributed by atoms with Gasteiger partial charge in [-0.15, -0.1) is 0 Å². The van der Waals surface area contributed by atoms with E-state index in [2.05, 4.69) is 15.4 Å². The molecule has 2 heterocycles. The number of nitrogens with zero attached hydrogens (tertiary/aromatic N) is 3. The maximum Gasteiger partial charge on any atom is 0.184 e. The first-order valence-electron chi connectivity index (χ1n) is 4.04. The zero-order valence-corrected chi connectivity index (χ0v) is 9.35. The van der Waals surface area contributed by atoms with Gasteiger partial charge in [0.15, 0.2) is 5.13 Å². The van der Waals surface area contributed by atoms with Gasteiger partial charge in [0.25, 0.3) is 0 Å². The molecule has 0 aromatic carbocycles. The van der Waals surface area contributed by atoms with Gasteiger partial charge in [-0.25, -0.2) is 4.98 Å². The number of aromatic nitrogens is 3. The summed E-state index contributed by atoms with van der Waals surface area (Å²) >= 11 is 7.47. The van der Waals surface area contributed by atoms with Crippen LogP contribution in [0.4, 0.5) is 5.13 Å². The van der Waals surface area contributed by atoms with E-state index in [1.807, 2.05) is 20.3 Å². The van der Waals surface area contributed by atoms with Crippen molar-refractivity contribution in [1.82, 2.24) is 14.8 Å². The van der Waals surface area contributed by atoms with Crippen molar-refractivity contribution in [2.45, 2.75) is 0 Å². The summed E-state index contributed by atoms with van der Waals surface area (Å²) < 4.78 is 2.41. The third kappa shape index (κ3) is 1.60. The van der Waals surface area contributed by atoms with E-state index in [-0.39, 0.29) is 0 Å². The summed E-state index contributed by atoms with van der Waals surface area (Å²) in [4.78, 5) is 4.33. The highest BCUT2D eigenvalue weighted by Gasteiger charge is 2.11. The molecule has 2 rings (SSSR count). The van der Waals surface area contributed by atoms with Crippen molar-refractivity contribution in [3.63, 3.8) is 0 Å². The molecule has 0 bridgehead atoms. The molecule has 14 heavy (non-hydrogen) atoms. The maximum absolute atomic E-state index is 6.05. The zero-order chi connectivity index (χ0) is 10.1. The number of hydrogen-bond acceptors (Lipinski definition) is 4. The van der Waals surface area contributed by atoms with Gasteiger partial charge in [0, 0.05) is 25.9 Å². The lowest BCUT2D eigenvalue weighted by atomic mass is 10.3. The van der Waals surface area contributed by atoms with E-state index in [1.54, 1.807) is 10.9 Å². The van der Waals surface area contributed by atoms with Crippen LogP contribution in [0.1, 0.15) is 0 Å². The van der Waals surface area contributed by atoms with E-state index in [1.165, 1.54) is 11.3 Å². The van der Waals surface area contributed by atoms with E-state index in [0.717, 1.165) is 16.4 Å². The highest BCUT2D eigenvalue weighted by molar-refractivity contribution is 7.20. The van der Waals surface area contributed by atoms with Crippen molar-refractivity contribution in [1.29, 1.82) is 0 Å². The summed E-state index contributed by atoms with van der Waals surface area (Å²) in [6.45, 7) is 0. The van der Waals surface area contributed by atoms with Crippen LogP contribution in [0.5, 0.6) is 0 Å². The highest BCUT2D eigenvalue weighted by atomic mass is 35.5. The largest absolute Gasteiger partial charge is 0.365 e. The summed E-state index contributed by atoms with van der Waals surface area (Å²) in [5.41, 5.74) is 1.73. The molecule has 0 radical (unpaired) electrons. The van der Waals surface area contributed by atoms with E-state index < -0.39 is 0 Å². The molecule has 4 nitrogen and oxygen atoms in total. The Kier molecular flexibility index (Phi) is 2.43. The lowest BCUT2D eigenvalue weighted by molar-refractivity contribution is 0.768. The predicted octanol–water partition coefficient (Wildman–Crippen LogP) is 2.24. The first kappa shape index (κ1) is 9.48. The lowest BCUT2D eigenvalue weighted by Gasteiger charge is -1.89. The van der Waals surface area contributed by atoms with Crippen LogP contribution in [0, 0.1) is 0 Å². The second-order valence-corrected chi connectivity index (χ2v) is 4.40. The topological polar surface area (TPSA) is 42.7 Å². The molecule has 74 valence electrons. The molecule has 0 spiro atoms. The van der Waals surface area contributed by atoms with E-state index in [0.29, 0.717) is 4.34 Å². The number of nitrogens with one attached hydrogen (secondary N) is 1. The summed E-state index contributed by atoms with van der Waals surface area (Å²) in [6, 6.07) is 0. The average molecular weight is 229 g/mol. The number of halogens is 1. The number of anilines is 1. The Morgan fingerprint density at radius 1 is 1.57 bits per heavy atom. The molecule has 0 atom stereocenters. The smallest absolute Gasteiger partial charge is 0.184 e. The normalized spacial score (nSPS) is 10.5. The Morgan fingerprint density at radius 2 is 2.36 bits per heavy atom. The monoisotopic (exact) mass is 228 g/mol. The Balaban J connectivity index is 2.45. The molecule has 0 amide bonds. The van der Waals surface area contributed by atoms with Crippen LogP contribution in [0.25, 0.3) is 11.3 Å². The second kappa shape index (κ2) is 3.59. The number of hydrogen-bond donors (Lipinski definition) is 1. The summed E-state index contributed by atoms with van der Waals surface area (Å²) in [5.74, 6) is 0. The van der Waals surface area contributed by atoms with Gasteiger partial charge in [-0.3, -0.25) is 4.68 Å². The fraction of sp³-hybridized carbons (Fsp3) is 0.250. The third-order valence-electron chi connectivity index (χ3n) is 1.78. The minimum absolute atomic E-state index is 0.683. The van der Waals surface area contributed by atoms with Crippen LogP contribution in [0.2, 0.25) is 4.34 Å². The number of aryl methyl sites for hydroxylation is 1. The van der Waals surface area contributed by atoms with Crippen LogP contribution in [0.3, 0.4) is 0 Å². The Hall–Kier alpha value is -1.07. The first-order chi connectivity index (χ1) is 6.70. The van der Waals surface area contributed by atoms with Crippen LogP contribution < -0.4 is 5.32 Å². The van der Waals surface area contributed by atoms with Gasteiger partial charge in [0.1, 0.15) is 10.0 Å². The molecular weight excluding hydrogens is 220 g/mol. The molecule has 0 saturated carbocycles. The number of thiazole rings is 1. The van der Waals surface area contributed by atoms with Crippen molar-refractivity contribution < 1.29 is 0 Å². The lowest BCUT2D eigenvalue weighted by Crippen LogP contribution is -1.86. The van der Waals surface area contributed by atoms with Crippen molar-refractivity contribution in [2.24, 2.45) is 7.05 Å². The summed E-state index contributed by atoms with van der Waals surface area (Å²) in [6.07, 6.45) is 3.64. The predicted molar refractivity (Wildman–Crippen MR) is 58.9 cm³/mol. The van der Waals surface area contributed by atoms with Crippen LogP contribution >= 0.6 is 22.9 Å². The molecule has 0 aliphatic heterocycles. The molecule has 0 fully saturated rings. The van der Waals surface area contributed by atoms with Gasteiger partial charge in [-0.05, 0) is 0 Å². The standard InChI is InChI=1S/C8H9ClN4S/c1-10-8-12-6(7(9)14-8)5-3-11-13(2)4-5/h3-4H,1-2H3,(H,10,12). The summed E-state index contributed by atoms with van der Waals surface area (Å²) in [5, 5.41) is 7.85. The maximum atomic E-state index is 6.05. The minimum atomic E-state index is 0.683. The van der Waals surface area contributed by atoms with Crippen LogP contribution in [-0.4, -0.2) is 21.8 Å². The van der Waals surface area contributed by atoms with Crippen molar-refractivity contribution in [2.75, 3.05) is 12.4 Å². The van der Waals surface area contributed by atoms with Gasteiger partial charge in [0.2, 0.25) is 0 Å². The summed E-state index contributed by atoms with van der Waals surface area (Å²) in [7, 11) is 3.69. The number of rotatable bonds is 2. The first-order valence-corrected chi connectivity index (χ1v) is 5.23. The molecule has 0 aliphatic rings. The van der Waals surface area contributed by atoms with E-state index >= 15 is 0 Å². The molecule has 6 heteroatoms. The van der Waals surface area contributed by atoms with Gasteiger partial charge in [-0.1, -0.05) is 22.9 Å². The van der Waals surface area contributed by atoms with Gasteiger partial charge in [0.05, 0.1) is 6.20 Å². The van der Waals surface area contributed by atoms with Crippen LogP contribution in [0.15, 0.2) is 12.4 Å². The molecule has 0 aliphatic carbocycles. The zero-order valence-electron chi connectivity index (χ0n) is 7.78. The Labute approximate surface area is 90.5 Å². The molecule has 2 aromatic heterocycles. The third-order valence-corrected chi connectivity index (χ3v) is 3.05. The quantitative estimate of drug-likeness (QED) is 0.857. The van der Waals surface area contributed by atoms with Crippen LogP contribution in [-0.2, 0) is 7.05 Å². The fourth-order valence-corrected chi connectivity index (χ4v) is 2.17. The van der Waals surface area contributed by atoms with Gasteiger partial charge >= 0.3 is 0 Å². The van der Waals surface area contributed by atoms with E-state index in [4.69, 9.17) is 11.6 Å². The average Bonchev–Trinajstić information content (AvgIpc) is 2.71. The SMILES string of the molecule is CNc1nc(-c2cnn(C)c2)c(Cl)s1. The Morgan fingerprint density at radius 3 is 2.86 bits per heavy atom. The molecular formula is C8H9ClN4S. The molecule has 1 N–H and O–H groups in total. The fourth-order valence-electron chi connectivity index (χ4n) is 1.13. The Bertz CT molecular complexity index is 448. The molecule has 0 saturated heterocycles.